The molecule has 0 aliphatic heterocycles. The van der Waals surface area contributed by atoms with E-state index in [0.29, 0.717) is 0 Å². The molecule has 20 heteroatoms. The minimum Gasteiger partial charge on any atom is -0.377 e. The molecule has 0 saturated heterocycles. The predicted molar refractivity (Wildman–Crippen MR) is 80.1 cm³/mol. The summed E-state index contributed by atoms with van der Waals surface area (Å²) in [5.74, 6) is -1.35. The van der Waals surface area contributed by atoms with E-state index in [-0.39, 0.29) is 4.13 Å². The number of alkyl halides is 6. The SMILES string of the molecule is CO[Si](CCS(=O)(=O)N=S(=O)(NS(=O)(=O)C(F)(F)F)C(F)(F)F)(OC)OC. The molecule has 1 unspecified atom stereocenters. The van der Waals surface area contributed by atoms with Gasteiger partial charge in [0.05, 0.1) is 5.75 Å². The summed E-state index contributed by atoms with van der Waals surface area (Å²) in [7, 11) is -19.4. The summed E-state index contributed by atoms with van der Waals surface area (Å²) >= 11 is 0. The van der Waals surface area contributed by atoms with Gasteiger partial charge in [0.1, 0.15) is 0 Å². The smallest absolute Gasteiger partial charge is 0.377 e. The molecule has 27 heavy (non-hydrogen) atoms. The summed E-state index contributed by atoms with van der Waals surface area (Å²) in [5.41, 5.74) is -12.6. The Morgan fingerprint density at radius 2 is 1.26 bits per heavy atom. The van der Waals surface area contributed by atoms with Gasteiger partial charge in [0.2, 0.25) is 9.92 Å². The molecule has 0 aliphatic carbocycles. The summed E-state index contributed by atoms with van der Waals surface area (Å²) in [5, 5.41) is 0. The van der Waals surface area contributed by atoms with Gasteiger partial charge in [0.15, 0.2) is 0 Å². The second-order valence-electron chi connectivity index (χ2n) is 4.41. The molecule has 0 fully saturated rings. The number of halogens is 6. The topological polar surface area (TPSA) is 137 Å². The number of nitrogens with one attached hydrogen (secondary N) is 1. The molecule has 0 heterocycles. The van der Waals surface area contributed by atoms with E-state index in [1.807, 2.05) is 3.77 Å². The van der Waals surface area contributed by atoms with Crippen molar-refractivity contribution in [2.24, 2.45) is 3.77 Å². The van der Waals surface area contributed by atoms with Crippen LogP contribution in [0.1, 0.15) is 0 Å². The predicted octanol–water partition coefficient (Wildman–Crippen LogP) is 0.536. The van der Waals surface area contributed by atoms with E-state index in [1.54, 1.807) is 0 Å². The number of sulfonamides is 2. The second kappa shape index (κ2) is 8.47. The third kappa shape index (κ3) is 6.80. The van der Waals surface area contributed by atoms with Crippen LogP contribution in [0.2, 0.25) is 6.04 Å². The molecule has 0 saturated carbocycles. The third-order valence-electron chi connectivity index (χ3n) is 2.66. The average Bonchev–Trinajstić information content (AvgIpc) is 2.45. The minimum absolute atomic E-state index is 0.233. The van der Waals surface area contributed by atoms with Crippen molar-refractivity contribution in [3.8, 4) is 0 Å². The Labute approximate surface area is 151 Å². The quantitative estimate of drug-likeness (QED) is 0.364. The fourth-order valence-corrected chi connectivity index (χ4v) is 8.71. The number of rotatable bonds is 9. The van der Waals surface area contributed by atoms with Gasteiger partial charge < -0.3 is 13.3 Å². The highest BCUT2D eigenvalue weighted by Gasteiger charge is 2.55. The van der Waals surface area contributed by atoms with E-state index in [9.17, 15) is 47.4 Å². The van der Waals surface area contributed by atoms with Crippen molar-refractivity contribution in [1.29, 1.82) is 0 Å². The molecule has 0 amide bonds. The summed E-state index contributed by atoms with van der Waals surface area (Å²) in [4.78, 5) is 0. The van der Waals surface area contributed by atoms with Crippen LogP contribution in [0.4, 0.5) is 26.3 Å². The highest BCUT2D eigenvalue weighted by Crippen LogP contribution is 2.30. The van der Waals surface area contributed by atoms with Crippen molar-refractivity contribution in [2.75, 3.05) is 27.1 Å². The zero-order chi connectivity index (χ0) is 21.9. The first-order valence-corrected chi connectivity index (χ1v) is 12.7. The molecule has 164 valence electrons. The van der Waals surface area contributed by atoms with Crippen molar-refractivity contribution < 1.29 is 60.7 Å². The molecule has 0 bridgehead atoms. The summed E-state index contributed by atoms with van der Waals surface area (Å²) in [6.45, 7) is 0. The normalized spacial score (nSPS) is 16.8. The Kier molecular flexibility index (Phi) is 8.31. The van der Waals surface area contributed by atoms with Crippen molar-refractivity contribution in [3.63, 3.8) is 0 Å². The van der Waals surface area contributed by atoms with Gasteiger partial charge in [-0.2, -0.15) is 26.3 Å². The van der Waals surface area contributed by atoms with Crippen LogP contribution in [0.15, 0.2) is 3.77 Å². The zero-order valence-electron chi connectivity index (χ0n) is 13.6. The molecule has 0 radical (unpaired) electrons. The van der Waals surface area contributed by atoms with Crippen LogP contribution in [-0.2, 0) is 43.2 Å². The van der Waals surface area contributed by atoms with Gasteiger partial charge in [-0.25, -0.2) is 21.0 Å². The van der Waals surface area contributed by atoms with Crippen molar-refractivity contribution in [1.82, 2.24) is 4.13 Å². The lowest BCUT2D eigenvalue weighted by molar-refractivity contribution is -0.0460. The minimum atomic E-state index is -6.84. The van der Waals surface area contributed by atoms with Crippen LogP contribution in [0.25, 0.3) is 0 Å². The molecule has 0 aromatic carbocycles. The third-order valence-corrected chi connectivity index (χ3v) is 11.2. The standard InChI is InChI=1S/C7H14F6N2O8S3Si/c1-21-27(22-2,23-3)5-4-24(16,17)14-25(18,6(8,9)10)15-26(19,20)7(11,12)13/h4-5H2,1-3H3,(H,14,15,18). The van der Waals surface area contributed by atoms with Gasteiger partial charge in [0, 0.05) is 27.4 Å². The van der Waals surface area contributed by atoms with Crippen LogP contribution in [-0.4, -0.2) is 67.9 Å². The lowest BCUT2D eigenvalue weighted by atomic mass is 11.0. The summed E-state index contributed by atoms with van der Waals surface area (Å²) in [6.07, 6.45) is 0. The van der Waals surface area contributed by atoms with E-state index in [0.717, 1.165) is 21.3 Å². The van der Waals surface area contributed by atoms with E-state index >= 15 is 0 Å². The highest BCUT2D eigenvalue weighted by atomic mass is 32.3. The fourth-order valence-electron chi connectivity index (χ4n) is 1.31. The molecule has 10 nitrogen and oxygen atoms in total. The Bertz CT molecular complexity index is 832. The van der Waals surface area contributed by atoms with Gasteiger partial charge in [0.25, 0.3) is 10.0 Å². The maximum atomic E-state index is 12.8. The summed E-state index contributed by atoms with van der Waals surface area (Å²) < 4.78 is 148. The maximum Gasteiger partial charge on any atom is 0.512 e. The Morgan fingerprint density at radius 3 is 1.56 bits per heavy atom. The van der Waals surface area contributed by atoms with Crippen LogP contribution in [0.3, 0.4) is 0 Å². The molecule has 0 aromatic heterocycles. The maximum absolute atomic E-state index is 12.8. The van der Waals surface area contributed by atoms with Crippen molar-refractivity contribution in [3.05, 3.63) is 0 Å². The largest absolute Gasteiger partial charge is 0.512 e. The Balaban J connectivity index is 6.12. The average molecular weight is 492 g/mol. The molecule has 0 aromatic rings. The fraction of sp³-hybridized carbons (Fsp3) is 1.00. The first kappa shape index (κ1) is 26.5. The van der Waals surface area contributed by atoms with E-state index in [1.165, 1.54) is 0 Å². The van der Waals surface area contributed by atoms with E-state index in [4.69, 9.17) is 13.3 Å². The van der Waals surface area contributed by atoms with Gasteiger partial charge in [-0.15, -0.1) is 4.13 Å². The second-order valence-corrected chi connectivity index (χ2v) is 13.3. The van der Waals surface area contributed by atoms with Gasteiger partial charge in [-0.05, 0) is 0 Å². The Hall–Kier alpha value is -0.513. The van der Waals surface area contributed by atoms with Crippen molar-refractivity contribution >= 4 is 38.8 Å². The summed E-state index contributed by atoms with van der Waals surface area (Å²) in [6, 6.07) is -0.721. The molecule has 0 spiro atoms. The van der Waals surface area contributed by atoms with Gasteiger partial charge in [-0.3, -0.25) is 0 Å². The van der Waals surface area contributed by atoms with Crippen LogP contribution in [0, 0.1) is 0 Å². The lowest BCUT2D eigenvalue weighted by Crippen LogP contribution is -2.46. The van der Waals surface area contributed by atoms with Crippen LogP contribution >= 0.6 is 0 Å². The molecule has 1 atom stereocenters. The number of nitrogens with zero attached hydrogens (tertiary/aromatic N) is 1. The van der Waals surface area contributed by atoms with Gasteiger partial charge >= 0.3 is 29.8 Å². The number of hydrogen-bond donors (Lipinski definition) is 1. The van der Waals surface area contributed by atoms with E-state index in [2.05, 4.69) is 0 Å². The number of hydrogen-bond acceptors (Lipinski definition) is 8. The molecule has 0 aliphatic rings. The molecular weight excluding hydrogens is 478 g/mol. The molecule has 0 rings (SSSR count). The molecular formula is C7H14F6N2O8S3Si. The van der Waals surface area contributed by atoms with E-state index < -0.39 is 61.6 Å². The molecule has 1 N–H and O–H groups in total. The first-order chi connectivity index (χ1) is 11.8. The zero-order valence-corrected chi connectivity index (χ0v) is 17.1. The van der Waals surface area contributed by atoms with Crippen LogP contribution in [0.5, 0.6) is 0 Å². The van der Waals surface area contributed by atoms with Crippen LogP contribution < -0.4 is 4.13 Å². The van der Waals surface area contributed by atoms with Gasteiger partial charge in [-0.1, -0.05) is 3.77 Å². The lowest BCUT2D eigenvalue weighted by Gasteiger charge is -2.23. The first-order valence-electron chi connectivity index (χ1n) is 6.13. The highest BCUT2D eigenvalue weighted by molar-refractivity contribution is 8.10. The van der Waals surface area contributed by atoms with Crippen molar-refractivity contribution in [2.45, 2.75) is 17.1 Å². The Morgan fingerprint density at radius 1 is 0.852 bits per heavy atom. The monoisotopic (exact) mass is 492 g/mol.